The van der Waals surface area contributed by atoms with Crippen molar-refractivity contribution in [2.45, 2.75) is 19.0 Å². The Morgan fingerprint density at radius 2 is 1.77 bits per heavy atom. The van der Waals surface area contributed by atoms with Crippen LogP contribution in [0.4, 0.5) is 10.1 Å². The molecule has 0 spiro atoms. The zero-order valence-corrected chi connectivity index (χ0v) is 17.8. The third-order valence-corrected chi connectivity index (χ3v) is 5.88. The molecule has 1 aliphatic rings. The molecule has 4 nitrogen and oxygen atoms in total. The van der Waals surface area contributed by atoms with E-state index >= 15 is 0 Å². The van der Waals surface area contributed by atoms with Gasteiger partial charge in [0.1, 0.15) is 11.9 Å². The number of nitrogens with one attached hydrogen (secondary N) is 1. The van der Waals surface area contributed by atoms with Crippen molar-refractivity contribution in [2.24, 2.45) is 0 Å². The highest BCUT2D eigenvalue weighted by Crippen LogP contribution is 2.42. The molecule has 0 bridgehead atoms. The van der Waals surface area contributed by atoms with Gasteiger partial charge in [0.05, 0.1) is 11.7 Å². The number of halogens is 1. The average molecular weight is 429 g/mol. The monoisotopic (exact) mass is 428 g/mol. The van der Waals surface area contributed by atoms with Crippen molar-refractivity contribution in [1.82, 2.24) is 14.9 Å². The molecule has 154 valence electrons. The van der Waals surface area contributed by atoms with E-state index in [1.807, 2.05) is 36.5 Å². The summed E-state index contributed by atoms with van der Waals surface area (Å²) in [5.74, 6) is -0.256. The number of nitrogens with zero attached hydrogens (tertiary/aromatic N) is 3. The number of pyridine rings is 1. The fourth-order valence-corrected chi connectivity index (χ4v) is 4.53. The van der Waals surface area contributed by atoms with Crippen LogP contribution >= 0.6 is 12.2 Å². The Morgan fingerprint density at radius 3 is 2.52 bits per heavy atom. The highest BCUT2D eigenvalue weighted by atomic mass is 32.1. The first-order chi connectivity index (χ1) is 15.1. The Bertz CT molecular complexity index is 1220. The molecule has 4 aromatic rings. The molecule has 1 fully saturated rings. The van der Waals surface area contributed by atoms with Gasteiger partial charge in [-0.05, 0) is 85.4 Å². The van der Waals surface area contributed by atoms with E-state index < -0.39 is 0 Å². The summed E-state index contributed by atoms with van der Waals surface area (Å²) in [5, 5.41) is 4.14. The standard InChI is InChI=1S/C25H21FN4S/c1-17-6-4-7-20(16-17)30-24(23(28-25(30)31)21-8-2-3-14-27-21)22-9-5-15-29(22)19-12-10-18(26)11-13-19/h2-16,23-24H,1H3,(H,28,31)/t23-,24+/m1/s1. The van der Waals surface area contributed by atoms with Crippen LogP contribution in [0, 0.1) is 12.7 Å². The van der Waals surface area contributed by atoms with Crippen LogP contribution in [0.15, 0.2) is 91.3 Å². The lowest BCUT2D eigenvalue weighted by atomic mass is 10.0. The molecule has 6 heteroatoms. The van der Waals surface area contributed by atoms with Crippen molar-refractivity contribution in [3.05, 3.63) is 114 Å². The van der Waals surface area contributed by atoms with Gasteiger partial charge in [0.2, 0.25) is 0 Å². The lowest BCUT2D eigenvalue weighted by Gasteiger charge is -2.29. The second-order valence-corrected chi connectivity index (χ2v) is 8.00. The Kier molecular flexibility index (Phi) is 5.00. The van der Waals surface area contributed by atoms with E-state index in [0.717, 1.165) is 28.3 Å². The molecule has 0 saturated carbocycles. The van der Waals surface area contributed by atoms with Crippen molar-refractivity contribution in [2.75, 3.05) is 4.90 Å². The van der Waals surface area contributed by atoms with Crippen molar-refractivity contribution in [1.29, 1.82) is 0 Å². The second kappa shape index (κ2) is 7.96. The van der Waals surface area contributed by atoms with E-state index in [1.54, 1.807) is 18.3 Å². The second-order valence-electron chi connectivity index (χ2n) is 7.62. The van der Waals surface area contributed by atoms with Gasteiger partial charge in [0.25, 0.3) is 0 Å². The maximum atomic E-state index is 13.5. The van der Waals surface area contributed by atoms with Crippen LogP contribution in [-0.4, -0.2) is 14.7 Å². The van der Waals surface area contributed by atoms with Gasteiger partial charge in [-0.3, -0.25) is 4.98 Å². The first-order valence-electron chi connectivity index (χ1n) is 10.1. The number of hydrogen-bond donors (Lipinski definition) is 1. The molecule has 2 atom stereocenters. The lowest BCUT2D eigenvalue weighted by Crippen LogP contribution is -2.30. The summed E-state index contributed by atoms with van der Waals surface area (Å²) in [7, 11) is 0. The van der Waals surface area contributed by atoms with Crippen LogP contribution < -0.4 is 10.2 Å². The largest absolute Gasteiger partial charge is 0.351 e. The predicted molar refractivity (Wildman–Crippen MR) is 125 cm³/mol. The van der Waals surface area contributed by atoms with Gasteiger partial charge in [0, 0.05) is 29.5 Å². The minimum atomic E-state index is -0.256. The van der Waals surface area contributed by atoms with Crippen molar-refractivity contribution < 1.29 is 4.39 Å². The molecule has 0 unspecified atom stereocenters. The Labute approximate surface area is 186 Å². The van der Waals surface area contributed by atoms with Crippen molar-refractivity contribution >= 4 is 23.0 Å². The molecule has 31 heavy (non-hydrogen) atoms. The van der Waals surface area contributed by atoms with Gasteiger partial charge < -0.3 is 14.8 Å². The van der Waals surface area contributed by atoms with Crippen LogP contribution in [0.3, 0.4) is 0 Å². The van der Waals surface area contributed by atoms with E-state index in [2.05, 4.69) is 51.0 Å². The maximum Gasteiger partial charge on any atom is 0.174 e. The zero-order chi connectivity index (χ0) is 21.4. The molecule has 1 N–H and O–H groups in total. The predicted octanol–water partition coefficient (Wildman–Crippen LogP) is 5.50. The van der Waals surface area contributed by atoms with Crippen molar-refractivity contribution in [3.8, 4) is 5.69 Å². The van der Waals surface area contributed by atoms with Crippen LogP contribution in [0.25, 0.3) is 5.69 Å². The molecule has 2 aromatic carbocycles. The van der Waals surface area contributed by atoms with E-state index in [9.17, 15) is 4.39 Å². The van der Waals surface area contributed by atoms with Crippen molar-refractivity contribution in [3.63, 3.8) is 0 Å². The third kappa shape index (κ3) is 3.59. The van der Waals surface area contributed by atoms with Gasteiger partial charge in [-0.2, -0.15) is 0 Å². The van der Waals surface area contributed by atoms with Gasteiger partial charge >= 0.3 is 0 Å². The molecule has 0 amide bonds. The van der Waals surface area contributed by atoms with Crippen LogP contribution in [-0.2, 0) is 0 Å². The molecule has 0 aliphatic carbocycles. The normalized spacial score (nSPS) is 18.3. The summed E-state index contributed by atoms with van der Waals surface area (Å²) < 4.78 is 15.6. The molecule has 1 aliphatic heterocycles. The van der Waals surface area contributed by atoms with Gasteiger partial charge in [0.15, 0.2) is 5.11 Å². The van der Waals surface area contributed by atoms with Crippen LogP contribution in [0.2, 0.25) is 0 Å². The molecule has 2 aromatic heterocycles. The maximum absolute atomic E-state index is 13.5. The molecular weight excluding hydrogens is 407 g/mol. The lowest BCUT2D eigenvalue weighted by molar-refractivity contribution is 0.549. The fraction of sp³-hybridized carbons (Fsp3) is 0.120. The Hall–Kier alpha value is -3.51. The fourth-order valence-electron chi connectivity index (χ4n) is 4.18. The summed E-state index contributed by atoms with van der Waals surface area (Å²) in [4.78, 5) is 6.76. The first-order valence-corrected chi connectivity index (χ1v) is 10.5. The van der Waals surface area contributed by atoms with Crippen LogP contribution in [0.5, 0.6) is 0 Å². The quantitative estimate of drug-likeness (QED) is 0.435. The van der Waals surface area contributed by atoms with E-state index in [1.165, 1.54) is 12.1 Å². The number of hydrogen-bond acceptors (Lipinski definition) is 2. The summed E-state index contributed by atoms with van der Waals surface area (Å²) in [6.07, 6.45) is 3.79. The van der Waals surface area contributed by atoms with E-state index in [4.69, 9.17) is 12.2 Å². The molecule has 3 heterocycles. The summed E-state index contributed by atoms with van der Waals surface area (Å²) >= 11 is 5.80. The molecule has 5 rings (SSSR count). The smallest absolute Gasteiger partial charge is 0.174 e. The van der Waals surface area contributed by atoms with Gasteiger partial charge in [-0.1, -0.05) is 18.2 Å². The Balaban J connectivity index is 1.67. The van der Waals surface area contributed by atoms with Crippen LogP contribution in [0.1, 0.15) is 29.0 Å². The highest BCUT2D eigenvalue weighted by molar-refractivity contribution is 7.80. The average Bonchev–Trinajstić information content (AvgIpc) is 3.39. The van der Waals surface area contributed by atoms with Gasteiger partial charge in [-0.15, -0.1) is 0 Å². The highest BCUT2D eigenvalue weighted by Gasteiger charge is 2.42. The minimum absolute atomic E-state index is 0.135. The number of rotatable bonds is 4. The number of aromatic nitrogens is 2. The number of benzene rings is 2. The summed E-state index contributed by atoms with van der Waals surface area (Å²) in [5.41, 5.74) is 5.03. The number of thiocarbonyl (C=S) groups is 1. The summed E-state index contributed by atoms with van der Waals surface area (Å²) in [6, 6.07) is 24.6. The molecule has 1 saturated heterocycles. The number of aryl methyl sites for hydroxylation is 1. The van der Waals surface area contributed by atoms with E-state index in [0.29, 0.717) is 5.11 Å². The third-order valence-electron chi connectivity index (χ3n) is 5.57. The minimum Gasteiger partial charge on any atom is -0.351 e. The summed E-state index contributed by atoms with van der Waals surface area (Å²) in [6.45, 7) is 2.07. The van der Waals surface area contributed by atoms with E-state index in [-0.39, 0.29) is 17.9 Å². The Morgan fingerprint density at radius 1 is 0.935 bits per heavy atom. The van der Waals surface area contributed by atoms with Gasteiger partial charge in [-0.25, -0.2) is 4.39 Å². The first kappa shape index (κ1) is 19.5. The zero-order valence-electron chi connectivity index (χ0n) is 16.9. The topological polar surface area (TPSA) is 33.1 Å². The molecular formula is C25H21FN4S. The SMILES string of the molecule is Cc1cccc(N2C(=S)N[C@H](c3ccccn3)[C@@H]2c2cccn2-c2ccc(F)cc2)c1. The number of anilines is 1. The molecule has 0 radical (unpaired) electrons.